The highest BCUT2D eigenvalue weighted by molar-refractivity contribution is 5.96. The predicted octanol–water partition coefficient (Wildman–Crippen LogP) is 2.72. The molecule has 8 heteroatoms. The van der Waals surface area contributed by atoms with Gasteiger partial charge in [0.25, 0.3) is 5.91 Å². The first kappa shape index (κ1) is 20.1. The van der Waals surface area contributed by atoms with E-state index < -0.39 is 17.4 Å². The molecule has 0 radical (unpaired) electrons. The Morgan fingerprint density at radius 2 is 2.04 bits per heavy atom. The molecule has 152 valence electrons. The molecule has 28 heavy (non-hydrogen) atoms. The molecule has 2 N–H and O–H groups in total. The van der Waals surface area contributed by atoms with Crippen molar-refractivity contribution >= 4 is 5.91 Å². The molecule has 0 aliphatic heterocycles. The third kappa shape index (κ3) is 3.81. The number of nitrogens with zero attached hydrogens (tertiary/aromatic N) is 3. The summed E-state index contributed by atoms with van der Waals surface area (Å²) in [5.74, 6) is -0.459. The summed E-state index contributed by atoms with van der Waals surface area (Å²) in [6.45, 7) is 3.81. The van der Waals surface area contributed by atoms with Crippen LogP contribution in [0.5, 0.6) is 5.75 Å². The standard InChI is InChI=1S/C20H27FN4O3/c1-4-18-23-25(20(27)24(18)3)16-11-17(14(19(22)26)10-15(16)21)28-12(2)13-8-6-5-7-9-13/h10-13H,4-9H2,1-3H3,(H2,22,26)/t12-/m0/s1. The summed E-state index contributed by atoms with van der Waals surface area (Å²) in [4.78, 5) is 24.3. The van der Waals surface area contributed by atoms with Crippen LogP contribution in [0.15, 0.2) is 16.9 Å². The number of ether oxygens (including phenoxy) is 1. The lowest BCUT2D eigenvalue weighted by atomic mass is 9.86. The molecule has 0 spiro atoms. The lowest BCUT2D eigenvalue weighted by Crippen LogP contribution is -2.27. The molecule has 1 aromatic heterocycles. The zero-order chi connectivity index (χ0) is 20.4. The number of carbonyl (C=O) groups is 1. The molecule has 1 amide bonds. The molecule has 7 nitrogen and oxygen atoms in total. The van der Waals surface area contributed by atoms with Crippen molar-refractivity contribution in [2.45, 2.75) is 58.5 Å². The molecule has 2 aromatic rings. The molecule has 1 aromatic carbocycles. The molecule has 0 unspecified atom stereocenters. The van der Waals surface area contributed by atoms with E-state index in [1.54, 1.807) is 7.05 Å². The predicted molar refractivity (Wildman–Crippen MR) is 103 cm³/mol. The first-order chi connectivity index (χ1) is 13.3. The second kappa shape index (κ2) is 8.16. The van der Waals surface area contributed by atoms with Crippen LogP contribution < -0.4 is 16.2 Å². The first-order valence-electron chi connectivity index (χ1n) is 9.78. The number of amides is 1. The number of halogens is 1. The summed E-state index contributed by atoms with van der Waals surface area (Å²) in [7, 11) is 1.59. The summed E-state index contributed by atoms with van der Waals surface area (Å²) in [6.07, 6.45) is 6.02. The zero-order valence-corrected chi connectivity index (χ0v) is 16.6. The van der Waals surface area contributed by atoms with Gasteiger partial charge in [0.1, 0.15) is 23.1 Å². The topological polar surface area (TPSA) is 92.1 Å². The summed E-state index contributed by atoms with van der Waals surface area (Å²) in [6, 6.07) is 2.37. The number of nitrogens with two attached hydrogens (primary N) is 1. The SMILES string of the molecule is CCc1nn(-c2cc(O[C@@H](C)C3CCCCC3)c(C(N)=O)cc2F)c(=O)n1C. The van der Waals surface area contributed by atoms with Gasteiger partial charge in [-0.1, -0.05) is 26.2 Å². The van der Waals surface area contributed by atoms with Crippen molar-refractivity contribution in [2.24, 2.45) is 18.7 Å². The van der Waals surface area contributed by atoms with Crippen LogP contribution in [0.25, 0.3) is 5.69 Å². The summed E-state index contributed by atoms with van der Waals surface area (Å²) < 4.78 is 23.1. The zero-order valence-electron chi connectivity index (χ0n) is 16.6. The molecule has 1 heterocycles. The van der Waals surface area contributed by atoms with Crippen LogP contribution in [0.3, 0.4) is 0 Å². The molecule has 0 bridgehead atoms. The Morgan fingerprint density at radius 1 is 1.36 bits per heavy atom. The van der Waals surface area contributed by atoms with Crippen LogP contribution in [0.2, 0.25) is 0 Å². The van der Waals surface area contributed by atoms with Gasteiger partial charge in [0, 0.05) is 19.5 Å². The molecule has 1 fully saturated rings. The van der Waals surface area contributed by atoms with E-state index in [0.29, 0.717) is 18.2 Å². The number of hydrogen-bond acceptors (Lipinski definition) is 4. The van der Waals surface area contributed by atoms with Crippen LogP contribution in [0, 0.1) is 11.7 Å². The van der Waals surface area contributed by atoms with Crippen molar-refractivity contribution in [1.29, 1.82) is 0 Å². The lowest BCUT2D eigenvalue weighted by Gasteiger charge is -2.28. The number of carbonyl (C=O) groups excluding carboxylic acids is 1. The van der Waals surface area contributed by atoms with Crippen LogP contribution >= 0.6 is 0 Å². The van der Waals surface area contributed by atoms with Gasteiger partial charge >= 0.3 is 5.69 Å². The normalized spacial score (nSPS) is 16.1. The number of hydrogen-bond donors (Lipinski definition) is 1. The Kier molecular flexibility index (Phi) is 5.86. The molecular weight excluding hydrogens is 363 g/mol. The van der Waals surface area contributed by atoms with Crippen molar-refractivity contribution in [2.75, 3.05) is 0 Å². The van der Waals surface area contributed by atoms with Crippen LogP contribution in [0.4, 0.5) is 4.39 Å². The molecule has 1 saturated carbocycles. The fourth-order valence-corrected chi connectivity index (χ4v) is 3.84. The Bertz CT molecular complexity index is 928. The molecule has 3 rings (SSSR count). The molecule has 1 aliphatic rings. The van der Waals surface area contributed by atoms with E-state index in [0.717, 1.165) is 36.4 Å². The van der Waals surface area contributed by atoms with Gasteiger partial charge in [-0.25, -0.2) is 9.18 Å². The van der Waals surface area contributed by atoms with E-state index in [2.05, 4.69) is 5.10 Å². The first-order valence-corrected chi connectivity index (χ1v) is 9.78. The minimum Gasteiger partial charge on any atom is -0.490 e. The summed E-state index contributed by atoms with van der Waals surface area (Å²) >= 11 is 0. The van der Waals surface area contributed by atoms with Crippen LogP contribution in [-0.4, -0.2) is 26.4 Å². The lowest BCUT2D eigenvalue weighted by molar-refractivity contribution is 0.0976. The number of aryl methyl sites for hydroxylation is 1. The Balaban J connectivity index is 2.02. The van der Waals surface area contributed by atoms with Crippen molar-refractivity contribution < 1.29 is 13.9 Å². The maximum Gasteiger partial charge on any atom is 0.350 e. The average molecular weight is 390 g/mol. The summed E-state index contributed by atoms with van der Waals surface area (Å²) in [5, 5.41) is 4.20. The van der Waals surface area contributed by atoms with Crippen LogP contribution in [-0.2, 0) is 13.5 Å². The third-order valence-corrected chi connectivity index (χ3v) is 5.56. The number of aromatic nitrogens is 3. The van der Waals surface area contributed by atoms with E-state index >= 15 is 0 Å². The fourth-order valence-electron chi connectivity index (χ4n) is 3.84. The number of benzene rings is 1. The van der Waals surface area contributed by atoms with Gasteiger partial charge in [-0.2, -0.15) is 4.68 Å². The van der Waals surface area contributed by atoms with E-state index in [9.17, 15) is 14.0 Å². The van der Waals surface area contributed by atoms with E-state index in [-0.39, 0.29) is 23.1 Å². The minimum atomic E-state index is -0.779. The van der Waals surface area contributed by atoms with Crippen molar-refractivity contribution in [3.05, 3.63) is 39.8 Å². The van der Waals surface area contributed by atoms with Gasteiger partial charge in [0.2, 0.25) is 0 Å². The summed E-state index contributed by atoms with van der Waals surface area (Å²) in [5.41, 5.74) is 4.87. The highest BCUT2D eigenvalue weighted by atomic mass is 19.1. The third-order valence-electron chi connectivity index (χ3n) is 5.56. The largest absolute Gasteiger partial charge is 0.490 e. The van der Waals surface area contributed by atoms with Gasteiger partial charge in [-0.3, -0.25) is 9.36 Å². The van der Waals surface area contributed by atoms with Crippen molar-refractivity contribution in [3.8, 4) is 11.4 Å². The monoisotopic (exact) mass is 390 g/mol. The fraction of sp³-hybridized carbons (Fsp3) is 0.550. The van der Waals surface area contributed by atoms with E-state index in [1.165, 1.54) is 17.1 Å². The highest BCUT2D eigenvalue weighted by Crippen LogP contribution is 2.31. The number of primary amides is 1. The Morgan fingerprint density at radius 3 is 2.61 bits per heavy atom. The van der Waals surface area contributed by atoms with Gasteiger partial charge < -0.3 is 10.5 Å². The van der Waals surface area contributed by atoms with Gasteiger partial charge in [-0.05, 0) is 31.7 Å². The Hall–Kier alpha value is -2.64. The molecule has 1 atom stereocenters. The average Bonchev–Trinajstić information content (AvgIpc) is 2.97. The number of rotatable bonds is 6. The van der Waals surface area contributed by atoms with Crippen molar-refractivity contribution in [3.63, 3.8) is 0 Å². The second-order valence-electron chi connectivity index (χ2n) is 7.41. The van der Waals surface area contributed by atoms with Crippen LogP contribution in [0.1, 0.15) is 62.1 Å². The highest BCUT2D eigenvalue weighted by Gasteiger charge is 2.25. The van der Waals surface area contributed by atoms with Gasteiger partial charge in [-0.15, -0.1) is 5.10 Å². The van der Waals surface area contributed by atoms with E-state index in [4.69, 9.17) is 10.5 Å². The van der Waals surface area contributed by atoms with Crippen molar-refractivity contribution in [1.82, 2.24) is 14.3 Å². The maximum absolute atomic E-state index is 14.7. The van der Waals surface area contributed by atoms with E-state index in [1.807, 2.05) is 13.8 Å². The smallest absolute Gasteiger partial charge is 0.350 e. The minimum absolute atomic E-state index is 0.0383. The second-order valence-corrected chi connectivity index (χ2v) is 7.41. The quantitative estimate of drug-likeness (QED) is 0.821. The Labute approximate surface area is 163 Å². The molecular formula is C20H27FN4O3. The molecule has 1 aliphatic carbocycles. The maximum atomic E-state index is 14.7. The van der Waals surface area contributed by atoms with Gasteiger partial charge in [0.05, 0.1) is 11.7 Å². The van der Waals surface area contributed by atoms with Gasteiger partial charge in [0.15, 0.2) is 0 Å². The molecule has 0 saturated heterocycles.